The van der Waals surface area contributed by atoms with E-state index in [0.717, 1.165) is 50.1 Å². The van der Waals surface area contributed by atoms with Crippen molar-refractivity contribution in [2.45, 2.75) is 32.7 Å². The molecule has 0 aromatic carbocycles. The first-order valence-corrected chi connectivity index (χ1v) is 8.27. The fraction of sp³-hybridized carbons (Fsp3) is 0.444. The highest BCUT2D eigenvalue weighted by Crippen LogP contribution is 2.11. The first-order chi connectivity index (χ1) is 11.3. The van der Waals surface area contributed by atoms with E-state index >= 15 is 0 Å². The highest BCUT2D eigenvalue weighted by molar-refractivity contribution is 5.45. The Morgan fingerprint density at radius 2 is 2.13 bits per heavy atom. The maximum absolute atomic E-state index is 9.10. The van der Waals surface area contributed by atoms with Gasteiger partial charge in [0.2, 0.25) is 0 Å². The van der Waals surface area contributed by atoms with Crippen molar-refractivity contribution in [2.24, 2.45) is 0 Å². The van der Waals surface area contributed by atoms with Crippen molar-refractivity contribution in [2.75, 3.05) is 19.7 Å². The predicted octanol–water partition coefficient (Wildman–Crippen LogP) is 2.83. The van der Waals surface area contributed by atoms with Crippen LogP contribution < -0.4 is 0 Å². The second-order valence-corrected chi connectivity index (χ2v) is 5.46. The summed E-state index contributed by atoms with van der Waals surface area (Å²) in [6.45, 7) is 4.99. The monoisotopic (exact) mass is 314 g/mol. The summed E-state index contributed by atoms with van der Waals surface area (Å²) < 4.78 is 1.80. The number of aromatic nitrogens is 3. The molecule has 0 saturated carbocycles. The van der Waals surface area contributed by atoms with E-state index in [2.05, 4.69) is 46.2 Å². The van der Waals surface area contributed by atoms with Crippen molar-refractivity contribution >= 4 is 5.65 Å². The maximum Gasteiger partial charge on any atom is 0.159 e. The van der Waals surface area contributed by atoms with Crippen LogP contribution in [0.4, 0.5) is 0 Å². The van der Waals surface area contributed by atoms with Crippen LogP contribution in [0.5, 0.6) is 0 Å². The number of hydrogen-bond acceptors (Lipinski definition) is 4. The van der Waals surface area contributed by atoms with Gasteiger partial charge in [-0.05, 0) is 25.3 Å². The van der Waals surface area contributed by atoms with E-state index in [1.807, 2.05) is 18.5 Å². The number of rotatable bonds is 10. The van der Waals surface area contributed by atoms with Gasteiger partial charge in [-0.3, -0.25) is 4.90 Å². The number of aliphatic hydroxyl groups is 1. The first-order valence-electron chi connectivity index (χ1n) is 8.27. The molecule has 0 unspecified atom stereocenters. The average molecular weight is 314 g/mol. The van der Waals surface area contributed by atoms with E-state index in [4.69, 9.17) is 5.11 Å². The Kier molecular flexibility index (Phi) is 7.49. The summed E-state index contributed by atoms with van der Waals surface area (Å²) in [5.41, 5.74) is 2.03. The second kappa shape index (κ2) is 9.92. The molecular formula is C18H26N4O. The molecule has 0 radical (unpaired) electrons. The van der Waals surface area contributed by atoms with Crippen LogP contribution in [0.15, 0.2) is 49.0 Å². The minimum atomic E-state index is 0.221. The van der Waals surface area contributed by atoms with Gasteiger partial charge in [0, 0.05) is 44.2 Å². The molecule has 0 atom stereocenters. The lowest BCUT2D eigenvalue weighted by atomic mass is 10.2. The van der Waals surface area contributed by atoms with E-state index in [9.17, 15) is 0 Å². The summed E-state index contributed by atoms with van der Waals surface area (Å²) in [6, 6.07) is 1.88. The summed E-state index contributed by atoms with van der Waals surface area (Å²) in [6.07, 6.45) is 16.9. The molecular weight excluding hydrogens is 288 g/mol. The molecule has 0 saturated heterocycles. The summed E-state index contributed by atoms with van der Waals surface area (Å²) in [5.74, 6) is 0. The Morgan fingerprint density at radius 3 is 2.96 bits per heavy atom. The molecule has 2 aromatic rings. The van der Waals surface area contributed by atoms with Crippen LogP contribution in [0.25, 0.3) is 5.65 Å². The molecule has 5 heteroatoms. The summed E-state index contributed by atoms with van der Waals surface area (Å²) in [7, 11) is 0. The van der Waals surface area contributed by atoms with Crippen LogP contribution in [0.3, 0.4) is 0 Å². The van der Waals surface area contributed by atoms with Crippen LogP contribution in [-0.2, 0) is 6.54 Å². The van der Waals surface area contributed by atoms with Gasteiger partial charge < -0.3 is 5.11 Å². The normalized spacial score (nSPS) is 12.3. The molecule has 0 fully saturated rings. The lowest BCUT2D eigenvalue weighted by molar-refractivity contribution is 0.221. The van der Waals surface area contributed by atoms with Crippen LogP contribution in [0, 0.1) is 0 Å². The van der Waals surface area contributed by atoms with Gasteiger partial charge in [-0.15, -0.1) is 0 Å². The Bertz CT molecular complexity index is 633. The molecule has 0 aliphatic heterocycles. The molecule has 1 N–H and O–H groups in total. The minimum absolute atomic E-state index is 0.221. The van der Waals surface area contributed by atoms with Crippen LogP contribution in [-0.4, -0.2) is 44.3 Å². The number of hydrogen-bond donors (Lipinski definition) is 1. The average Bonchev–Trinajstić information content (AvgIpc) is 2.98. The van der Waals surface area contributed by atoms with Crippen LogP contribution >= 0.6 is 0 Å². The van der Waals surface area contributed by atoms with Crippen molar-refractivity contribution < 1.29 is 5.11 Å². The Labute approximate surface area is 138 Å². The molecule has 2 heterocycles. The highest BCUT2D eigenvalue weighted by atomic mass is 16.3. The molecule has 0 aliphatic carbocycles. The lowest BCUT2D eigenvalue weighted by Gasteiger charge is -2.20. The van der Waals surface area contributed by atoms with Crippen molar-refractivity contribution in [3.05, 3.63) is 54.5 Å². The maximum atomic E-state index is 9.10. The van der Waals surface area contributed by atoms with Gasteiger partial charge in [-0.25, -0.2) is 9.50 Å². The first kappa shape index (κ1) is 17.4. The largest absolute Gasteiger partial charge is 0.396 e. The molecule has 2 aromatic heterocycles. The highest BCUT2D eigenvalue weighted by Gasteiger charge is 2.10. The SMILES string of the molecule is CC/C=C\C=C/CCN(CCCO)Cc1cnn2cccnc12. The molecule has 124 valence electrons. The zero-order valence-corrected chi connectivity index (χ0v) is 13.8. The second-order valence-electron chi connectivity index (χ2n) is 5.46. The van der Waals surface area contributed by atoms with Crippen molar-refractivity contribution in [1.82, 2.24) is 19.5 Å². The van der Waals surface area contributed by atoms with E-state index in [0.29, 0.717) is 0 Å². The number of aliphatic hydroxyl groups excluding tert-OH is 1. The van der Waals surface area contributed by atoms with Crippen molar-refractivity contribution in [3.63, 3.8) is 0 Å². The Hall–Kier alpha value is -1.98. The van der Waals surface area contributed by atoms with E-state index < -0.39 is 0 Å². The van der Waals surface area contributed by atoms with Gasteiger partial charge in [-0.1, -0.05) is 31.2 Å². The van der Waals surface area contributed by atoms with Crippen LogP contribution in [0.1, 0.15) is 31.7 Å². The molecule has 2 rings (SSSR count). The van der Waals surface area contributed by atoms with Gasteiger partial charge in [0.1, 0.15) is 0 Å². The Morgan fingerprint density at radius 1 is 1.26 bits per heavy atom. The molecule has 0 aliphatic rings. The third-order valence-corrected chi connectivity index (χ3v) is 3.61. The van der Waals surface area contributed by atoms with Gasteiger partial charge in [0.05, 0.1) is 6.20 Å². The summed E-state index contributed by atoms with van der Waals surface area (Å²) >= 11 is 0. The fourth-order valence-corrected chi connectivity index (χ4v) is 2.44. The standard InChI is InChI=1S/C18H26N4O/c1-2-3-4-5-6-7-11-21(12-9-14-23)16-17-15-20-22-13-8-10-19-18(17)22/h3-6,8,10,13,15,23H,2,7,9,11-12,14,16H2,1H3/b4-3-,6-5-. The molecule has 0 bridgehead atoms. The number of nitrogens with zero attached hydrogens (tertiary/aromatic N) is 4. The van der Waals surface area contributed by atoms with Gasteiger partial charge in [-0.2, -0.15) is 5.10 Å². The third kappa shape index (κ3) is 5.62. The number of allylic oxidation sites excluding steroid dienone is 3. The smallest absolute Gasteiger partial charge is 0.159 e. The molecule has 5 nitrogen and oxygen atoms in total. The lowest BCUT2D eigenvalue weighted by Crippen LogP contribution is -2.26. The Balaban J connectivity index is 1.95. The summed E-state index contributed by atoms with van der Waals surface area (Å²) in [5, 5.41) is 13.4. The predicted molar refractivity (Wildman–Crippen MR) is 93.2 cm³/mol. The van der Waals surface area contributed by atoms with Crippen molar-refractivity contribution in [1.29, 1.82) is 0 Å². The molecule has 23 heavy (non-hydrogen) atoms. The van der Waals surface area contributed by atoms with E-state index in [1.165, 1.54) is 0 Å². The topological polar surface area (TPSA) is 53.7 Å². The number of fused-ring (bicyclic) bond motifs is 1. The zero-order valence-electron chi connectivity index (χ0n) is 13.8. The fourth-order valence-electron chi connectivity index (χ4n) is 2.44. The molecule has 0 spiro atoms. The zero-order chi connectivity index (χ0) is 16.3. The van der Waals surface area contributed by atoms with E-state index in [-0.39, 0.29) is 6.61 Å². The third-order valence-electron chi connectivity index (χ3n) is 3.61. The van der Waals surface area contributed by atoms with E-state index in [1.54, 1.807) is 10.7 Å². The van der Waals surface area contributed by atoms with Crippen molar-refractivity contribution in [3.8, 4) is 0 Å². The van der Waals surface area contributed by atoms with Gasteiger partial charge in [0.25, 0.3) is 0 Å². The summed E-state index contributed by atoms with van der Waals surface area (Å²) in [4.78, 5) is 6.75. The minimum Gasteiger partial charge on any atom is -0.396 e. The van der Waals surface area contributed by atoms with Crippen LogP contribution in [0.2, 0.25) is 0 Å². The van der Waals surface area contributed by atoms with Gasteiger partial charge in [0.15, 0.2) is 5.65 Å². The van der Waals surface area contributed by atoms with Gasteiger partial charge >= 0.3 is 0 Å². The molecule has 0 amide bonds. The quantitative estimate of drug-likeness (QED) is 0.685.